The third kappa shape index (κ3) is 4.50. The van der Waals surface area contributed by atoms with Gasteiger partial charge in [-0.3, -0.25) is 9.59 Å². The van der Waals surface area contributed by atoms with Crippen molar-refractivity contribution >= 4 is 28.3 Å². The molecule has 0 saturated heterocycles. The van der Waals surface area contributed by atoms with E-state index in [2.05, 4.69) is 19.2 Å². The molecule has 164 valence electrons. The topological polar surface area (TPSA) is 66.5 Å². The molecule has 0 aliphatic carbocycles. The first-order valence-electron chi connectivity index (χ1n) is 10.7. The van der Waals surface area contributed by atoms with E-state index >= 15 is 0 Å². The van der Waals surface area contributed by atoms with Crippen molar-refractivity contribution in [2.75, 3.05) is 11.4 Å². The second-order valence-electron chi connectivity index (χ2n) is 8.26. The molecule has 0 fully saturated rings. The molecule has 0 saturated carbocycles. The van der Waals surface area contributed by atoms with Gasteiger partial charge >= 0.3 is 0 Å². The molecule has 0 aromatic heterocycles. The van der Waals surface area contributed by atoms with E-state index in [0.717, 1.165) is 12.0 Å². The Morgan fingerprint density at radius 3 is 2.44 bits per heavy atom. The molecule has 1 N–H and O–H groups in total. The molecule has 3 aromatic rings. The van der Waals surface area contributed by atoms with Crippen molar-refractivity contribution < 1.29 is 13.8 Å². The van der Waals surface area contributed by atoms with E-state index in [-0.39, 0.29) is 11.8 Å². The lowest BCUT2D eigenvalue weighted by molar-refractivity contribution is 0.0948. The molecule has 1 atom stereocenters. The summed E-state index contributed by atoms with van der Waals surface area (Å²) in [4.78, 5) is 29.0. The number of hydrogen-bond acceptors (Lipinski definition) is 3. The summed E-state index contributed by atoms with van der Waals surface area (Å²) in [6.07, 6.45) is 0.884. The van der Waals surface area contributed by atoms with Crippen LogP contribution in [0.4, 0.5) is 5.69 Å². The quantitative estimate of drug-likeness (QED) is 0.592. The summed E-state index contributed by atoms with van der Waals surface area (Å²) in [5, 5.41) is 2.94. The molecule has 0 spiro atoms. The van der Waals surface area contributed by atoms with Crippen molar-refractivity contribution in [2.24, 2.45) is 5.92 Å². The minimum Gasteiger partial charge on any atom is -0.352 e. The minimum atomic E-state index is -1.53. The van der Waals surface area contributed by atoms with Crippen LogP contribution in [0.1, 0.15) is 46.5 Å². The average molecular weight is 447 g/mol. The zero-order chi connectivity index (χ0) is 22.7. The van der Waals surface area contributed by atoms with Gasteiger partial charge in [-0.1, -0.05) is 56.3 Å². The Labute approximate surface area is 190 Å². The van der Waals surface area contributed by atoms with Crippen LogP contribution in [0.3, 0.4) is 0 Å². The van der Waals surface area contributed by atoms with Gasteiger partial charge in [-0.25, -0.2) is 4.21 Å². The van der Waals surface area contributed by atoms with Crippen molar-refractivity contribution in [3.8, 4) is 0 Å². The van der Waals surface area contributed by atoms with Crippen LogP contribution < -0.4 is 10.2 Å². The van der Waals surface area contributed by atoms with Crippen LogP contribution in [0.2, 0.25) is 0 Å². The fraction of sp³-hybridized carbons (Fsp3) is 0.231. The SMILES string of the molecule is CC(C)CCNC(=O)c1ccc2c(c1)N(Cc1ccccc1)C(=O)c1ccccc1[S@]2=O. The van der Waals surface area contributed by atoms with E-state index in [1.165, 1.54) is 0 Å². The Bertz CT molecular complexity index is 1170. The van der Waals surface area contributed by atoms with Crippen molar-refractivity contribution in [3.05, 3.63) is 89.5 Å². The van der Waals surface area contributed by atoms with Crippen LogP contribution in [0.15, 0.2) is 82.6 Å². The summed E-state index contributed by atoms with van der Waals surface area (Å²) in [6, 6.07) is 21.7. The highest BCUT2D eigenvalue weighted by molar-refractivity contribution is 7.85. The van der Waals surface area contributed by atoms with Gasteiger partial charge in [0.05, 0.1) is 38.4 Å². The summed E-state index contributed by atoms with van der Waals surface area (Å²) in [6.45, 7) is 5.11. The molecular weight excluding hydrogens is 420 g/mol. The first-order chi connectivity index (χ1) is 15.5. The number of fused-ring (bicyclic) bond motifs is 2. The highest BCUT2D eigenvalue weighted by Crippen LogP contribution is 2.36. The number of amides is 2. The molecule has 5 nitrogen and oxygen atoms in total. The van der Waals surface area contributed by atoms with Crippen LogP contribution in [0.5, 0.6) is 0 Å². The lowest BCUT2D eigenvalue weighted by atomic mass is 10.1. The van der Waals surface area contributed by atoms with E-state index in [4.69, 9.17) is 0 Å². The molecule has 0 unspecified atom stereocenters. The van der Waals surface area contributed by atoms with Gasteiger partial charge in [-0.15, -0.1) is 0 Å². The number of anilines is 1. The highest BCUT2D eigenvalue weighted by atomic mass is 32.2. The Balaban J connectivity index is 1.77. The van der Waals surface area contributed by atoms with E-state index in [1.807, 2.05) is 30.3 Å². The third-order valence-corrected chi connectivity index (χ3v) is 6.96. The van der Waals surface area contributed by atoms with E-state index in [9.17, 15) is 13.8 Å². The molecule has 1 aliphatic heterocycles. The highest BCUT2D eigenvalue weighted by Gasteiger charge is 2.31. The maximum Gasteiger partial charge on any atom is 0.259 e. The van der Waals surface area contributed by atoms with Gasteiger partial charge in [0, 0.05) is 12.1 Å². The molecule has 3 aromatic carbocycles. The lowest BCUT2D eigenvalue weighted by Gasteiger charge is -2.23. The van der Waals surface area contributed by atoms with Crippen LogP contribution in [-0.4, -0.2) is 22.6 Å². The Kier molecular flexibility index (Phi) is 6.51. The number of carbonyl (C=O) groups is 2. The van der Waals surface area contributed by atoms with Gasteiger partial charge < -0.3 is 10.2 Å². The molecule has 4 rings (SSSR count). The number of benzene rings is 3. The van der Waals surface area contributed by atoms with Gasteiger partial charge in [-0.05, 0) is 48.2 Å². The van der Waals surface area contributed by atoms with Crippen LogP contribution >= 0.6 is 0 Å². The fourth-order valence-electron chi connectivity index (χ4n) is 3.70. The number of nitrogens with one attached hydrogen (secondary N) is 1. The van der Waals surface area contributed by atoms with E-state index in [0.29, 0.717) is 45.6 Å². The van der Waals surface area contributed by atoms with E-state index < -0.39 is 10.8 Å². The first-order valence-corrected chi connectivity index (χ1v) is 11.9. The zero-order valence-corrected chi connectivity index (χ0v) is 19.0. The van der Waals surface area contributed by atoms with Crippen molar-refractivity contribution in [1.82, 2.24) is 5.32 Å². The number of hydrogen-bond donors (Lipinski definition) is 1. The molecule has 0 radical (unpaired) electrons. The first kappa shape index (κ1) is 22.0. The second-order valence-corrected chi connectivity index (χ2v) is 9.68. The third-order valence-electron chi connectivity index (χ3n) is 5.46. The van der Waals surface area contributed by atoms with Gasteiger partial charge in [0.15, 0.2) is 0 Å². The Morgan fingerprint density at radius 2 is 1.69 bits per heavy atom. The monoisotopic (exact) mass is 446 g/mol. The normalized spacial score (nSPS) is 15.2. The smallest absolute Gasteiger partial charge is 0.259 e. The van der Waals surface area contributed by atoms with Crippen LogP contribution in [0.25, 0.3) is 0 Å². The predicted molar refractivity (Wildman–Crippen MR) is 126 cm³/mol. The molecule has 6 heteroatoms. The van der Waals surface area contributed by atoms with Gasteiger partial charge in [0.2, 0.25) is 0 Å². The van der Waals surface area contributed by atoms with Gasteiger partial charge in [0.1, 0.15) is 0 Å². The molecule has 32 heavy (non-hydrogen) atoms. The summed E-state index contributed by atoms with van der Waals surface area (Å²) >= 11 is 0. The molecule has 1 aliphatic rings. The van der Waals surface area contributed by atoms with E-state index in [1.54, 1.807) is 47.4 Å². The Morgan fingerprint density at radius 1 is 0.969 bits per heavy atom. The number of carbonyl (C=O) groups excluding carboxylic acids is 2. The standard InChI is InChI=1S/C26H26N2O3S/c1-18(2)14-15-27-25(29)20-12-13-24-22(16-20)28(17-19-8-4-3-5-9-19)26(30)21-10-6-7-11-23(21)32(24)31/h3-13,16,18H,14-15,17H2,1-2H3,(H,27,29)/t32-/m1/s1. The number of nitrogens with zero attached hydrogens (tertiary/aromatic N) is 1. The maximum absolute atomic E-state index is 13.6. The molecule has 1 heterocycles. The zero-order valence-electron chi connectivity index (χ0n) is 18.2. The molecule has 2 amide bonds. The average Bonchev–Trinajstić information content (AvgIpc) is 2.89. The summed E-state index contributed by atoms with van der Waals surface area (Å²) in [5.74, 6) is 0.0595. The number of rotatable bonds is 6. The summed E-state index contributed by atoms with van der Waals surface area (Å²) in [5.41, 5.74) is 2.32. The largest absolute Gasteiger partial charge is 0.352 e. The fourth-order valence-corrected chi connectivity index (χ4v) is 5.05. The van der Waals surface area contributed by atoms with Crippen molar-refractivity contribution in [1.29, 1.82) is 0 Å². The van der Waals surface area contributed by atoms with Crippen LogP contribution in [-0.2, 0) is 17.3 Å². The van der Waals surface area contributed by atoms with Gasteiger partial charge in [0.25, 0.3) is 11.8 Å². The van der Waals surface area contributed by atoms with Crippen LogP contribution in [0, 0.1) is 5.92 Å². The Hall–Kier alpha value is -3.25. The van der Waals surface area contributed by atoms with Crippen molar-refractivity contribution in [2.45, 2.75) is 36.6 Å². The lowest BCUT2D eigenvalue weighted by Crippen LogP contribution is -2.31. The maximum atomic E-state index is 13.6. The minimum absolute atomic E-state index is 0.201. The summed E-state index contributed by atoms with van der Waals surface area (Å²) < 4.78 is 13.4. The van der Waals surface area contributed by atoms with Crippen molar-refractivity contribution in [3.63, 3.8) is 0 Å². The summed E-state index contributed by atoms with van der Waals surface area (Å²) in [7, 11) is -1.53. The molecular formula is C26H26N2O3S. The molecule has 0 bridgehead atoms. The van der Waals surface area contributed by atoms with Gasteiger partial charge in [-0.2, -0.15) is 0 Å². The predicted octanol–water partition coefficient (Wildman–Crippen LogP) is 4.79. The second kappa shape index (κ2) is 9.49.